The van der Waals surface area contributed by atoms with Crippen LogP contribution in [0.4, 0.5) is 0 Å². The normalized spacial score (nSPS) is 24.1. The van der Waals surface area contributed by atoms with Crippen LogP contribution >= 0.6 is 0 Å². The van der Waals surface area contributed by atoms with Crippen molar-refractivity contribution in [3.8, 4) is 0 Å². The summed E-state index contributed by atoms with van der Waals surface area (Å²) in [5, 5.41) is 64.1. The Balaban J connectivity index is 2.56. The molecule has 10 heteroatoms. The molecule has 0 aromatic heterocycles. The number of hydrogen-bond acceptors (Lipinski definition) is 9. The van der Waals surface area contributed by atoms with Gasteiger partial charge in [-0.2, -0.15) is 0 Å². The van der Waals surface area contributed by atoms with Crippen LogP contribution in [-0.2, 0) is 14.3 Å². The Morgan fingerprint density at radius 1 is 0.733 bits per heavy atom. The number of unbranched alkanes of at least 4 members (excludes halogenated alkanes) is 15. The van der Waals surface area contributed by atoms with Crippen LogP contribution in [0.3, 0.4) is 0 Å². The largest absolute Gasteiger partial charge is 0.394 e. The standard InChI is InChI=1S/C35H67NO9/c1-3-5-7-9-11-13-14-15-16-18-19-21-23-28(38)27(26-44-35-33(42)32(41)31(40)30(25-37)45-35)36-34(43)29(39)24-22-20-17-12-10-8-6-4-2/h17,20,27-33,35,37-42H,3-16,18-19,21-26H2,1-2H3,(H,36,43)/b20-17-. The average molecular weight is 646 g/mol. The zero-order chi connectivity index (χ0) is 33.3. The number of ether oxygens (including phenoxy) is 2. The highest BCUT2D eigenvalue weighted by Gasteiger charge is 2.44. The highest BCUT2D eigenvalue weighted by Crippen LogP contribution is 2.23. The lowest BCUT2D eigenvalue weighted by atomic mass is 9.99. The molecule has 266 valence electrons. The molecule has 1 rings (SSSR count). The molecule has 1 fully saturated rings. The summed E-state index contributed by atoms with van der Waals surface area (Å²) in [6.45, 7) is 3.55. The number of aliphatic hydroxyl groups excluding tert-OH is 6. The predicted molar refractivity (Wildman–Crippen MR) is 176 cm³/mol. The zero-order valence-electron chi connectivity index (χ0n) is 28.2. The second-order valence-corrected chi connectivity index (χ2v) is 12.8. The van der Waals surface area contributed by atoms with E-state index >= 15 is 0 Å². The topological polar surface area (TPSA) is 169 Å². The highest BCUT2D eigenvalue weighted by molar-refractivity contribution is 5.80. The minimum Gasteiger partial charge on any atom is -0.394 e. The first-order valence-electron chi connectivity index (χ1n) is 18.0. The first kappa shape index (κ1) is 41.9. The Morgan fingerprint density at radius 3 is 1.84 bits per heavy atom. The zero-order valence-corrected chi connectivity index (χ0v) is 28.2. The fourth-order valence-corrected chi connectivity index (χ4v) is 5.64. The van der Waals surface area contributed by atoms with Crippen LogP contribution in [-0.4, -0.2) is 98.7 Å². The summed E-state index contributed by atoms with van der Waals surface area (Å²) in [5.74, 6) is -0.623. The molecule has 8 atom stereocenters. The molecule has 45 heavy (non-hydrogen) atoms. The van der Waals surface area contributed by atoms with Crippen molar-refractivity contribution < 1.29 is 44.9 Å². The first-order valence-corrected chi connectivity index (χ1v) is 18.0. The van der Waals surface area contributed by atoms with Crippen molar-refractivity contribution in [2.24, 2.45) is 0 Å². The molecule has 1 heterocycles. The number of carbonyl (C=O) groups is 1. The smallest absolute Gasteiger partial charge is 0.249 e. The van der Waals surface area contributed by atoms with E-state index in [-0.39, 0.29) is 13.0 Å². The molecule has 0 aromatic rings. The van der Waals surface area contributed by atoms with Gasteiger partial charge in [-0.3, -0.25) is 4.79 Å². The van der Waals surface area contributed by atoms with Crippen molar-refractivity contribution in [3.63, 3.8) is 0 Å². The fraction of sp³-hybridized carbons (Fsp3) is 0.914. The van der Waals surface area contributed by atoms with Gasteiger partial charge < -0.3 is 45.4 Å². The molecular weight excluding hydrogens is 578 g/mol. The maximum Gasteiger partial charge on any atom is 0.249 e. The first-order chi connectivity index (χ1) is 21.8. The molecule has 10 nitrogen and oxygen atoms in total. The van der Waals surface area contributed by atoms with Gasteiger partial charge in [0.2, 0.25) is 5.91 Å². The van der Waals surface area contributed by atoms with Crippen molar-refractivity contribution in [2.75, 3.05) is 13.2 Å². The van der Waals surface area contributed by atoms with E-state index in [1.54, 1.807) is 0 Å². The quantitative estimate of drug-likeness (QED) is 0.0481. The van der Waals surface area contributed by atoms with Gasteiger partial charge in [0.15, 0.2) is 6.29 Å². The minimum absolute atomic E-state index is 0.242. The maximum atomic E-state index is 12.8. The molecule has 8 unspecified atom stereocenters. The van der Waals surface area contributed by atoms with E-state index in [1.165, 1.54) is 70.6 Å². The van der Waals surface area contributed by atoms with E-state index in [4.69, 9.17) is 9.47 Å². The minimum atomic E-state index is -1.60. The van der Waals surface area contributed by atoms with Crippen LogP contribution in [0.1, 0.15) is 142 Å². The Kier molecular flexibility index (Phi) is 25.1. The summed E-state index contributed by atoms with van der Waals surface area (Å²) in [6, 6.07) is -0.902. The van der Waals surface area contributed by atoms with Gasteiger partial charge in [-0.1, -0.05) is 122 Å². The van der Waals surface area contributed by atoms with Gasteiger partial charge >= 0.3 is 0 Å². The molecule has 1 aliphatic rings. The monoisotopic (exact) mass is 645 g/mol. The Bertz CT molecular complexity index is 738. The molecule has 0 aromatic carbocycles. The third kappa shape index (κ3) is 18.7. The van der Waals surface area contributed by atoms with E-state index < -0.39 is 61.5 Å². The SMILES string of the molecule is CCCCCC/C=C\CCC(O)C(=O)NC(COC1OC(CO)C(O)C(O)C1O)C(O)CCCCCCCCCCCCCC. The number of hydrogen-bond donors (Lipinski definition) is 7. The van der Waals surface area contributed by atoms with Gasteiger partial charge in [-0.25, -0.2) is 0 Å². The fourth-order valence-electron chi connectivity index (χ4n) is 5.64. The maximum absolute atomic E-state index is 12.8. The highest BCUT2D eigenvalue weighted by atomic mass is 16.7. The molecule has 0 bridgehead atoms. The number of rotatable bonds is 28. The van der Waals surface area contributed by atoms with Crippen LogP contribution in [0.5, 0.6) is 0 Å². The van der Waals surface area contributed by atoms with Crippen molar-refractivity contribution in [1.29, 1.82) is 0 Å². The summed E-state index contributed by atoms with van der Waals surface area (Å²) < 4.78 is 11.1. The molecule has 0 saturated carbocycles. The van der Waals surface area contributed by atoms with E-state index in [9.17, 15) is 35.4 Å². The van der Waals surface area contributed by atoms with Crippen LogP contribution in [0.25, 0.3) is 0 Å². The molecule has 7 N–H and O–H groups in total. The molecule has 0 radical (unpaired) electrons. The van der Waals surface area contributed by atoms with Crippen LogP contribution in [0.2, 0.25) is 0 Å². The lowest BCUT2D eigenvalue weighted by Crippen LogP contribution is -2.60. The Labute approximate surface area is 272 Å². The summed E-state index contributed by atoms with van der Waals surface area (Å²) >= 11 is 0. The third-order valence-corrected chi connectivity index (χ3v) is 8.73. The lowest BCUT2D eigenvalue weighted by Gasteiger charge is -2.40. The van der Waals surface area contributed by atoms with E-state index in [2.05, 4.69) is 25.2 Å². The Morgan fingerprint density at radius 2 is 1.27 bits per heavy atom. The van der Waals surface area contributed by atoms with Gasteiger partial charge in [0, 0.05) is 0 Å². The summed E-state index contributed by atoms with van der Waals surface area (Å²) in [7, 11) is 0. The predicted octanol–water partition coefficient (Wildman–Crippen LogP) is 4.41. The molecule has 0 aliphatic carbocycles. The molecule has 1 amide bonds. The summed E-state index contributed by atoms with van der Waals surface area (Å²) in [6.07, 6.45) is 15.8. The third-order valence-electron chi connectivity index (χ3n) is 8.73. The van der Waals surface area contributed by atoms with Gasteiger partial charge in [0.1, 0.15) is 30.5 Å². The lowest BCUT2D eigenvalue weighted by molar-refractivity contribution is -0.302. The molecule has 1 aliphatic heterocycles. The second-order valence-electron chi connectivity index (χ2n) is 12.8. The average Bonchev–Trinajstić information content (AvgIpc) is 3.04. The van der Waals surface area contributed by atoms with E-state index in [0.717, 1.165) is 38.5 Å². The van der Waals surface area contributed by atoms with Crippen LogP contribution < -0.4 is 5.32 Å². The number of aliphatic hydroxyl groups is 6. The van der Waals surface area contributed by atoms with Crippen molar-refractivity contribution >= 4 is 5.91 Å². The molecule has 0 spiro atoms. The van der Waals surface area contributed by atoms with Gasteiger partial charge in [-0.15, -0.1) is 0 Å². The second kappa shape index (κ2) is 26.9. The Hall–Kier alpha value is -1.11. The van der Waals surface area contributed by atoms with Crippen molar-refractivity contribution in [2.45, 2.75) is 191 Å². The number of carbonyl (C=O) groups excluding carboxylic acids is 1. The van der Waals surface area contributed by atoms with Gasteiger partial charge in [0.25, 0.3) is 0 Å². The van der Waals surface area contributed by atoms with E-state index in [0.29, 0.717) is 12.8 Å². The van der Waals surface area contributed by atoms with Gasteiger partial charge in [0.05, 0.1) is 25.4 Å². The van der Waals surface area contributed by atoms with Crippen molar-refractivity contribution in [3.05, 3.63) is 12.2 Å². The van der Waals surface area contributed by atoms with Crippen LogP contribution in [0, 0.1) is 0 Å². The number of nitrogens with one attached hydrogen (secondary N) is 1. The molecular formula is C35H67NO9. The summed E-state index contributed by atoms with van der Waals surface area (Å²) in [5.41, 5.74) is 0. The van der Waals surface area contributed by atoms with E-state index in [1.807, 2.05) is 6.08 Å². The summed E-state index contributed by atoms with van der Waals surface area (Å²) in [4.78, 5) is 12.8. The van der Waals surface area contributed by atoms with Gasteiger partial charge in [-0.05, 0) is 32.1 Å². The van der Waals surface area contributed by atoms with Crippen molar-refractivity contribution in [1.82, 2.24) is 5.32 Å². The number of allylic oxidation sites excluding steroid dienone is 2. The molecule has 1 saturated heterocycles. The van der Waals surface area contributed by atoms with Crippen LogP contribution in [0.15, 0.2) is 12.2 Å². The number of amides is 1.